The van der Waals surface area contributed by atoms with E-state index < -0.39 is 0 Å². The van der Waals surface area contributed by atoms with Crippen molar-refractivity contribution in [1.82, 2.24) is 15.2 Å². The van der Waals surface area contributed by atoms with Gasteiger partial charge in [-0.3, -0.25) is 4.79 Å². The van der Waals surface area contributed by atoms with Gasteiger partial charge in [-0.2, -0.15) is 0 Å². The van der Waals surface area contributed by atoms with Crippen LogP contribution in [0.25, 0.3) is 0 Å². The van der Waals surface area contributed by atoms with Crippen molar-refractivity contribution in [3.05, 3.63) is 22.4 Å². The Morgan fingerprint density at radius 1 is 1.58 bits per heavy atom. The number of hydrogen-bond donors (Lipinski definition) is 2. The minimum atomic E-state index is 0.00627. The zero-order valence-corrected chi connectivity index (χ0v) is 13.2. The Balaban J connectivity index is 1.95. The fraction of sp³-hybridized carbons (Fsp3) is 0.643. The zero-order valence-electron chi connectivity index (χ0n) is 11.6. The van der Waals surface area contributed by atoms with Crippen LogP contribution in [-0.2, 0) is 0 Å². The average Bonchev–Trinajstić information content (AvgIpc) is 2.79. The van der Waals surface area contributed by atoms with E-state index in [1.807, 2.05) is 16.8 Å². The van der Waals surface area contributed by atoms with Gasteiger partial charge < -0.3 is 15.2 Å². The van der Waals surface area contributed by atoms with Gasteiger partial charge in [0.1, 0.15) is 5.69 Å². The largest absolute Gasteiger partial charge is 0.349 e. The minimum Gasteiger partial charge on any atom is -0.349 e. The van der Waals surface area contributed by atoms with Crippen molar-refractivity contribution in [2.24, 2.45) is 0 Å². The van der Waals surface area contributed by atoms with Gasteiger partial charge in [-0.05, 0) is 55.2 Å². The number of amides is 1. The molecule has 5 heteroatoms. The van der Waals surface area contributed by atoms with Crippen molar-refractivity contribution in [2.75, 3.05) is 13.1 Å². The number of piperidine rings is 1. The molecule has 1 aromatic rings. The third-order valence-corrected chi connectivity index (χ3v) is 3.96. The van der Waals surface area contributed by atoms with Crippen LogP contribution in [0, 0.1) is 0 Å². The summed E-state index contributed by atoms with van der Waals surface area (Å²) in [6.07, 6.45) is 5.60. The minimum absolute atomic E-state index is 0.00627. The van der Waals surface area contributed by atoms with E-state index in [0.29, 0.717) is 12.6 Å². The number of carbonyl (C=O) groups excluding carboxylic acids is 1. The molecule has 1 unspecified atom stereocenters. The SMILES string of the molecule is CC(C)n1cc(Br)cc1C(=O)NCC1CCCCN1. The molecule has 1 amide bonds. The molecule has 2 N–H and O–H groups in total. The second-order valence-electron chi connectivity index (χ2n) is 5.40. The molecule has 0 bridgehead atoms. The molecule has 2 rings (SSSR count). The van der Waals surface area contributed by atoms with Crippen molar-refractivity contribution in [3.63, 3.8) is 0 Å². The molecule has 2 heterocycles. The summed E-state index contributed by atoms with van der Waals surface area (Å²) in [6.45, 7) is 5.92. The van der Waals surface area contributed by atoms with E-state index in [4.69, 9.17) is 0 Å². The van der Waals surface area contributed by atoms with Crippen LogP contribution in [-0.4, -0.2) is 29.6 Å². The second kappa shape index (κ2) is 6.57. The second-order valence-corrected chi connectivity index (χ2v) is 6.32. The fourth-order valence-electron chi connectivity index (χ4n) is 2.46. The number of carbonyl (C=O) groups is 1. The summed E-state index contributed by atoms with van der Waals surface area (Å²) in [5, 5.41) is 6.47. The van der Waals surface area contributed by atoms with E-state index in [1.54, 1.807) is 0 Å². The highest BCUT2D eigenvalue weighted by atomic mass is 79.9. The van der Waals surface area contributed by atoms with Crippen molar-refractivity contribution >= 4 is 21.8 Å². The quantitative estimate of drug-likeness (QED) is 0.893. The normalized spacial score (nSPS) is 19.7. The number of halogens is 1. The van der Waals surface area contributed by atoms with E-state index in [9.17, 15) is 4.79 Å². The predicted molar refractivity (Wildman–Crippen MR) is 80.5 cm³/mol. The molecule has 1 aromatic heterocycles. The van der Waals surface area contributed by atoms with Crippen molar-refractivity contribution in [3.8, 4) is 0 Å². The average molecular weight is 328 g/mol. The third-order valence-electron chi connectivity index (χ3n) is 3.53. The maximum atomic E-state index is 12.2. The highest BCUT2D eigenvalue weighted by Gasteiger charge is 2.17. The molecule has 1 aliphatic heterocycles. The first kappa shape index (κ1) is 14.6. The number of rotatable bonds is 4. The number of aromatic nitrogens is 1. The Kier molecular flexibility index (Phi) is 5.05. The summed E-state index contributed by atoms with van der Waals surface area (Å²) >= 11 is 3.43. The standard InChI is InChI=1S/C14H22BrN3O/c1-10(2)18-9-11(15)7-13(18)14(19)17-8-12-5-3-4-6-16-12/h7,9-10,12,16H,3-6,8H2,1-2H3,(H,17,19). The van der Waals surface area contributed by atoms with Gasteiger partial charge in [0, 0.05) is 29.3 Å². The molecule has 19 heavy (non-hydrogen) atoms. The van der Waals surface area contributed by atoms with Gasteiger partial charge in [-0.25, -0.2) is 0 Å². The lowest BCUT2D eigenvalue weighted by Gasteiger charge is -2.23. The number of hydrogen-bond acceptors (Lipinski definition) is 2. The van der Waals surface area contributed by atoms with Crippen LogP contribution in [0.4, 0.5) is 0 Å². The van der Waals surface area contributed by atoms with Gasteiger partial charge >= 0.3 is 0 Å². The van der Waals surface area contributed by atoms with Gasteiger partial charge in [0.2, 0.25) is 0 Å². The van der Waals surface area contributed by atoms with Crippen LogP contribution in [0.2, 0.25) is 0 Å². The maximum Gasteiger partial charge on any atom is 0.268 e. The first-order valence-electron chi connectivity index (χ1n) is 6.97. The molecule has 0 aliphatic carbocycles. The number of nitrogens with one attached hydrogen (secondary N) is 2. The maximum absolute atomic E-state index is 12.2. The molecule has 4 nitrogen and oxygen atoms in total. The molecule has 0 spiro atoms. The highest BCUT2D eigenvalue weighted by Crippen LogP contribution is 2.19. The van der Waals surface area contributed by atoms with E-state index in [2.05, 4.69) is 40.4 Å². The molecule has 0 radical (unpaired) electrons. The Bertz CT molecular complexity index is 436. The van der Waals surface area contributed by atoms with Gasteiger partial charge in [0.25, 0.3) is 5.91 Å². The van der Waals surface area contributed by atoms with Crippen molar-refractivity contribution in [2.45, 2.75) is 45.2 Å². The van der Waals surface area contributed by atoms with Crippen LogP contribution in [0.15, 0.2) is 16.7 Å². The third kappa shape index (κ3) is 3.83. The Hall–Kier alpha value is -0.810. The summed E-state index contributed by atoms with van der Waals surface area (Å²) in [6, 6.07) is 2.58. The Morgan fingerprint density at radius 2 is 2.37 bits per heavy atom. The van der Waals surface area contributed by atoms with Crippen LogP contribution in [0.5, 0.6) is 0 Å². The van der Waals surface area contributed by atoms with Gasteiger partial charge in [-0.1, -0.05) is 6.42 Å². The monoisotopic (exact) mass is 327 g/mol. The highest BCUT2D eigenvalue weighted by molar-refractivity contribution is 9.10. The van der Waals surface area contributed by atoms with Crippen molar-refractivity contribution < 1.29 is 4.79 Å². The molecular weight excluding hydrogens is 306 g/mol. The van der Waals surface area contributed by atoms with E-state index in [-0.39, 0.29) is 11.9 Å². The van der Waals surface area contributed by atoms with Crippen LogP contribution in [0.3, 0.4) is 0 Å². The van der Waals surface area contributed by atoms with E-state index in [0.717, 1.165) is 23.1 Å². The fourth-order valence-corrected chi connectivity index (χ4v) is 2.90. The molecule has 1 aliphatic rings. The van der Waals surface area contributed by atoms with Crippen LogP contribution in [0.1, 0.15) is 49.6 Å². The number of nitrogens with zero attached hydrogens (tertiary/aromatic N) is 1. The smallest absolute Gasteiger partial charge is 0.268 e. The Labute approximate surface area is 123 Å². The first-order chi connectivity index (χ1) is 9.08. The lowest BCUT2D eigenvalue weighted by molar-refractivity contribution is 0.0937. The summed E-state index contributed by atoms with van der Waals surface area (Å²) in [7, 11) is 0. The topological polar surface area (TPSA) is 46.1 Å². The van der Waals surface area contributed by atoms with Gasteiger partial charge in [0.15, 0.2) is 0 Å². The summed E-state index contributed by atoms with van der Waals surface area (Å²) in [4.78, 5) is 12.2. The van der Waals surface area contributed by atoms with Crippen molar-refractivity contribution in [1.29, 1.82) is 0 Å². The van der Waals surface area contributed by atoms with Crippen LogP contribution >= 0.6 is 15.9 Å². The zero-order chi connectivity index (χ0) is 13.8. The van der Waals surface area contributed by atoms with E-state index >= 15 is 0 Å². The summed E-state index contributed by atoms with van der Waals surface area (Å²) in [5.41, 5.74) is 0.720. The molecular formula is C14H22BrN3O. The molecule has 0 aromatic carbocycles. The molecule has 1 atom stereocenters. The first-order valence-corrected chi connectivity index (χ1v) is 7.76. The molecule has 106 valence electrons. The molecule has 1 saturated heterocycles. The lowest BCUT2D eigenvalue weighted by Crippen LogP contribution is -2.43. The summed E-state index contributed by atoms with van der Waals surface area (Å²) < 4.78 is 2.94. The Morgan fingerprint density at radius 3 is 3.00 bits per heavy atom. The summed E-state index contributed by atoms with van der Waals surface area (Å²) in [5.74, 6) is 0.00627. The molecule has 0 saturated carbocycles. The van der Waals surface area contributed by atoms with Gasteiger partial charge in [-0.15, -0.1) is 0 Å². The predicted octanol–water partition coefficient (Wildman–Crippen LogP) is 2.70. The lowest BCUT2D eigenvalue weighted by atomic mass is 10.1. The van der Waals surface area contributed by atoms with Gasteiger partial charge in [0.05, 0.1) is 0 Å². The van der Waals surface area contributed by atoms with E-state index in [1.165, 1.54) is 12.8 Å². The van der Waals surface area contributed by atoms with Crippen LogP contribution < -0.4 is 10.6 Å². The molecule has 1 fully saturated rings.